The summed E-state index contributed by atoms with van der Waals surface area (Å²) in [6, 6.07) is 0. The van der Waals surface area contributed by atoms with E-state index >= 15 is 0 Å². The molecule has 0 saturated heterocycles. The van der Waals surface area contributed by atoms with Gasteiger partial charge in [0.25, 0.3) is 0 Å². The lowest BCUT2D eigenvalue weighted by Crippen LogP contribution is -2.49. The Kier molecular flexibility index (Phi) is 13.5. The average molecular weight is 478 g/mol. The van der Waals surface area contributed by atoms with Gasteiger partial charge in [0.15, 0.2) is 14.0 Å². The summed E-state index contributed by atoms with van der Waals surface area (Å²) in [6.45, 7) is 13.9. The predicted molar refractivity (Wildman–Crippen MR) is 142 cm³/mol. The third kappa shape index (κ3) is 12.2. The van der Waals surface area contributed by atoms with Gasteiger partial charge >= 0.3 is 0 Å². The molecule has 0 bridgehead atoms. The van der Waals surface area contributed by atoms with Crippen molar-refractivity contribution in [2.24, 2.45) is 10.2 Å². The number of unbranched alkanes of at least 4 members (excludes halogenated alkanes) is 9. The molecule has 1 rings (SSSR count). The summed E-state index contributed by atoms with van der Waals surface area (Å²) >= 11 is 0. The number of carbonyl (C=O) groups excluding carboxylic acids is 1. The van der Waals surface area contributed by atoms with Gasteiger partial charge in [0.05, 0.1) is 0 Å². The Bertz CT molecular complexity index is 628. The van der Waals surface area contributed by atoms with Crippen LogP contribution < -0.4 is 5.32 Å². The van der Waals surface area contributed by atoms with Crippen molar-refractivity contribution in [3.63, 3.8) is 0 Å². The highest BCUT2D eigenvalue weighted by molar-refractivity contribution is 6.74. The molecule has 5 nitrogen and oxygen atoms in total. The lowest BCUT2D eigenvalue weighted by Gasteiger charge is -2.39. The van der Waals surface area contributed by atoms with Gasteiger partial charge in [0, 0.05) is 25.8 Å². The van der Waals surface area contributed by atoms with Crippen LogP contribution in [0.4, 0.5) is 0 Å². The Morgan fingerprint density at radius 3 is 2.03 bits per heavy atom. The molecule has 33 heavy (non-hydrogen) atoms. The van der Waals surface area contributed by atoms with Crippen molar-refractivity contribution in [2.75, 3.05) is 6.54 Å². The summed E-state index contributed by atoms with van der Waals surface area (Å²) in [6.07, 6.45) is 20.8. The molecule has 1 N–H and O–H groups in total. The fourth-order valence-corrected chi connectivity index (χ4v) is 5.05. The van der Waals surface area contributed by atoms with Crippen LogP contribution >= 0.6 is 0 Å². The number of carbonyl (C=O) groups is 1. The average Bonchev–Trinajstić information content (AvgIpc) is 3.51. The smallest absolute Gasteiger partial charge is 0.247 e. The first-order valence-corrected chi connectivity index (χ1v) is 16.3. The summed E-state index contributed by atoms with van der Waals surface area (Å²) in [7, 11) is -2.03. The fourth-order valence-electron chi connectivity index (χ4n) is 3.76. The molecule has 1 amide bonds. The quantitative estimate of drug-likeness (QED) is 0.117. The minimum atomic E-state index is -2.03. The molecule has 0 radical (unpaired) electrons. The zero-order chi connectivity index (χ0) is 24.8. The van der Waals surface area contributed by atoms with Crippen molar-refractivity contribution in [2.45, 2.75) is 147 Å². The Hall–Kier alpha value is -1.19. The molecular formula is C27H51N3O2Si. The molecule has 0 unspecified atom stereocenters. The largest absolute Gasteiger partial charge is 0.405 e. The van der Waals surface area contributed by atoms with Crippen LogP contribution in [0.5, 0.6) is 0 Å². The van der Waals surface area contributed by atoms with Gasteiger partial charge in [-0.05, 0) is 24.6 Å². The summed E-state index contributed by atoms with van der Waals surface area (Å²) < 4.78 is 6.56. The molecule has 190 valence electrons. The molecule has 0 aromatic heterocycles. The van der Waals surface area contributed by atoms with Crippen LogP contribution in [0, 0.1) is 12.3 Å². The minimum Gasteiger partial charge on any atom is -0.405 e. The number of hydrogen-bond donors (Lipinski definition) is 1. The van der Waals surface area contributed by atoms with Crippen molar-refractivity contribution in [3.05, 3.63) is 0 Å². The molecule has 0 spiro atoms. The highest BCUT2D eigenvalue weighted by Crippen LogP contribution is 2.38. The van der Waals surface area contributed by atoms with Crippen molar-refractivity contribution in [1.82, 2.24) is 5.32 Å². The Morgan fingerprint density at radius 1 is 1.00 bits per heavy atom. The molecular weight excluding hydrogens is 426 g/mol. The van der Waals surface area contributed by atoms with Crippen molar-refractivity contribution >= 4 is 14.2 Å². The number of nitrogens with zero attached hydrogens (tertiary/aromatic N) is 2. The molecule has 1 aliphatic rings. The van der Waals surface area contributed by atoms with Gasteiger partial charge < -0.3 is 9.74 Å². The predicted octanol–water partition coefficient (Wildman–Crippen LogP) is 7.77. The second-order valence-electron chi connectivity index (χ2n) is 11.3. The number of rotatable bonds is 19. The first-order valence-electron chi connectivity index (χ1n) is 13.4. The van der Waals surface area contributed by atoms with E-state index in [2.05, 4.69) is 62.3 Å². The highest BCUT2D eigenvalue weighted by atomic mass is 28.4. The molecule has 0 aliphatic carbocycles. The zero-order valence-corrected chi connectivity index (χ0v) is 23.5. The summed E-state index contributed by atoms with van der Waals surface area (Å²) in [5.74, 6) is 2.67. The molecule has 0 aromatic carbocycles. The summed E-state index contributed by atoms with van der Waals surface area (Å²) in [5, 5.41) is 11.5. The van der Waals surface area contributed by atoms with Crippen LogP contribution in [-0.4, -0.2) is 32.5 Å². The zero-order valence-electron chi connectivity index (χ0n) is 22.5. The van der Waals surface area contributed by atoms with Crippen LogP contribution in [0.15, 0.2) is 10.2 Å². The fraction of sp³-hybridized carbons (Fsp3) is 0.889. The molecule has 6 heteroatoms. The van der Waals surface area contributed by atoms with E-state index in [9.17, 15) is 4.79 Å². The first-order chi connectivity index (χ1) is 15.6. The van der Waals surface area contributed by atoms with E-state index in [1.807, 2.05) is 0 Å². The van der Waals surface area contributed by atoms with Crippen LogP contribution in [0.2, 0.25) is 18.1 Å². The van der Waals surface area contributed by atoms with Crippen LogP contribution in [0.3, 0.4) is 0 Å². The normalized spacial score (nSPS) is 15.8. The number of amides is 1. The van der Waals surface area contributed by atoms with E-state index in [0.29, 0.717) is 19.4 Å². The number of hydrogen-bond acceptors (Lipinski definition) is 4. The van der Waals surface area contributed by atoms with Gasteiger partial charge in [-0.1, -0.05) is 91.9 Å². The van der Waals surface area contributed by atoms with E-state index in [1.54, 1.807) is 0 Å². The van der Waals surface area contributed by atoms with Crippen molar-refractivity contribution < 1.29 is 9.22 Å². The summed E-state index contributed by atoms with van der Waals surface area (Å²) in [5.41, 5.74) is -0.355. The lowest BCUT2D eigenvalue weighted by molar-refractivity contribution is -0.128. The standard InChI is InChI=1S/C27H51N3O2Si/c1-8-10-12-13-14-15-16-17-18-19-20-24(32-33(6,7)26(3,4)5)25(31)28-23-22-27(29-30-27)21-11-9-2/h2,24H,8,10-23H2,1,3-7H3,(H,28,31)/t24-/m1/s1. The maximum atomic E-state index is 13.1. The van der Waals surface area contributed by atoms with Crippen molar-refractivity contribution in [3.8, 4) is 12.3 Å². The van der Waals surface area contributed by atoms with E-state index < -0.39 is 8.32 Å². The van der Waals surface area contributed by atoms with Gasteiger partial charge in [-0.25, -0.2) is 0 Å². The third-order valence-corrected chi connectivity index (χ3v) is 11.7. The van der Waals surface area contributed by atoms with Gasteiger partial charge in [-0.3, -0.25) is 4.79 Å². The van der Waals surface area contributed by atoms with Crippen LogP contribution in [0.25, 0.3) is 0 Å². The molecule has 1 atom stereocenters. The maximum absolute atomic E-state index is 13.1. The molecule has 1 heterocycles. The Morgan fingerprint density at radius 2 is 1.55 bits per heavy atom. The van der Waals surface area contributed by atoms with Gasteiger partial charge in [-0.15, -0.1) is 12.3 Å². The summed E-state index contributed by atoms with van der Waals surface area (Å²) in [4.78, 5) is 13.1. The van der Waals surface area contributed by atoms with Gasteiger partial charge in [0.1, 0.15) is 6.10 Å². The number of terminal acetylenes is 1. The van der Waals surface area contributed by atoms with E-state index in [0.717, 1.165) is 19.3 Å². The minimum absolute atomic E-state index is 0.0171. The maximum Gasteiger partial charge on any atom is 0.247 e. The number of nitrogens with one attached hydrogen (secondary N) is 1. The second kappa shape index (κ2) is 14.9. The third-order valence-electron chi connectivity index (χ3n) is 7.23. The van der Waals surface area contributed by atoms with Crippen LogP contribution in [-0.2, 0) is 9.22 Å². The van der Waals surface area contributed by atoms with Crippen molar-refractivity contribution in [1.29, 1.82) is 0 Å². The Labute approximate surface area is 205 Å². The monoisotopic (exact) mass is 477 g/mol. The SMILES string of the molecule is C#CCCC1(CCNC(=O)[C@@H](CCCCCCCCCCCC)O[Si](C)(C)C(C)(C)C)N=N1. The lowest BCUT2D eigenvalue weighted by atomic mass is 10.0. The van der Waals surface area contributed by atoms with Crippen LogP contribution in [0.1, 0.15) is 118 Å². The van der Waals surface area contributed by atoms with E-state index in [4.69, 9.17) is 10.8 Å². The van der Waals surface area contributed by atoms with Gasteiger partial charge in [-0.2, -0.15) is 10.2 Å². The topological polar surface area (TPSA) is 63.0 Å². The molecule has 1 aliphatic heterocycles. The van der Waals surface area contributed by atoms with E-state index in [-0.39, 0.29) is 22.7 Å². The first kappa shape index (κ1) is 29.8. The second-order valence-corrected chi connectivity index (χ2v) is 16.0. The molecule has 0 fully saturated rings. The Balaban J connectivity index is 2.43. The van der Waals surface area contributed by atoms with E-state index in [1.165, 1.54) is 57.8 Å². The van der Waals surface area contributed by atoms with Gasteiger partial charge in [0.2, 0.25) is 5.91 Å². The highest BCUT2D eigenvalue weighted by Gasteiger charge is 2.41. The molecule has 0 saturated carbocycles. The molecule has 0 aromatic rings.